The number of thiol groups is 1. The lowest BCUT2D eigenvalue weighted by Gasteiger charge is -2.07. The van der Waals surface area contributed by atoms with Gasteiger partial charge in [0.2, 0.25) is 0 Å². The molecule has 52 valence electrons. The zero-order chi connectivity index (χ0) is 6.85. The van der Waals surface area contributed by atoms with E-state index in [2.05, 4.69) is 17.9 Å². The zero-order valence-corrected chi connectivity index (χ0v) is 5.77. The van der Waals surface area contributed by atoms with Gasteiger partial charge in [0.1, 0.15) is 6.04 Å². The Morgan fingerprint density at radius 2 is 2.44 bits per heavy atom. The van der Waals surface area contributed by atoms with Crippen LogP contribution in [0.3, 0.4) is 0 Å². The molecule has 0 amide bonds. The number of carbonyl (C=O) groups is 1. The van der Waals surface area contributed by atoms with Gasteiger partial charge in [0.25, 0.3) is 0 Å². The van der Waals surface area contributed by atoms with Gasteiger partial charge in [-0.15, -0.1) is 0 Å². The minimum absolute atomic E-state index is 0.0116. The van der Waals surface area contributed by atoms with Gasteiger partial charge in [-0.2, -0.15) is 12.6 Å². The predicted octanol–water partition coefficient (Wildman–Crippen LogP) is -0.269. The molecule has 3 nitrogen and oxygen atoms in total. The van der Waals surface area contributed by atoms with Crippen LogP contribution in [0.15, 0.2) is 0 Å². The number of aliphatic carboxylic acids is 1. The first-order chi connectivity index (χ1) is 4.22. The Labute approximate surface area is 58.9 Å². The summed E-state index contributed by atoms with van der Waals surface area (Å²) in [6, 6.07) is -0.437. The molecular weight excluding hydrogens is 138 g/mol. The van der Waals surface area contributed by atoms with Crippen LogP contribution in [0.5, 0.6) is 0 Å². The van der Waals surface area contributed by atoms with Crippen molar-refractivity contribution in [2.75, 3.05) is 6.54 Å². The molecule has 1 heterocycles. The molecule has 1 saturated heterocycles. The average molecular weight is 147 g/mol. The lowest BCUT2D eigenvalue weighted by molar-refractivity contribution is -0.138. The van der Waals surface area contributed by atoms with Crippen molar-refractivity contribution in [2.24, 2.45) is 0 Å². The Bertz CT molecular complexity index is 128. The zero-order valence-electron chi connectivity index (χ0n) is 4.87. The third kappa shape index (κ3) is 1.37. The molecule has 0 saturated carbocycles. The number of carboxylic acids is 1. The molecule has 2 atom stereocenters. The van der Waals surface area contributed by atoms with Crippen LogP contribution in [0.25, 0.3) is 0 Å². The summed E-state index contributed by atoms with van der Waals surface area (Å²) in [4.78, 5) is 10.3. The number of nitrogens with one attached hydrogen (secondary N) is 1. The van der Waals surface area contributed by atoms with Crippen molar-refractivity contribution in [2.45, 2.75) is 17.7 Å². The van der Waals surface area contributed by atoms with E-state index in [1.807, 2.05) is 0 Å². The Morgan fingerprint density at radius 1 is 1.78 bits per heavy atom. The molecule has 1 aliphatic heterocycles. The van der Waals surface area contributed by atoms with E-state index in [1.165, 1.54) is 0 Å². The lowest BCUT2D eigenvalue weighted by atomic mass is 10.2. The quantitative estimate of drug-likeness (QED) is 0.447. The number of rotatable bonds is 1. The maximum Gasteiger partial charge on any atom is 0.321 e. The molecule has 1 fully saturated rings. The molecule has 1 aliphatic rings. The summed E-state index contributed by atoms with van der Waals surface area (Å²) in [6.07, 6.45) is 0.847. The molecule has 0 bridgehead atoms. The summed E-state index contributed by atoms with van der Waals surface area (Å²) < 4.78 is 0. The normalized spacial score (nSPS) is 34.8. The van der Waals surface area contributed by atoms with E-state index in [9.17, 15) is 4.79 Å². The summed E-state index contributed by atoms with van der Waals surface area (Å²) in [5.41, 5.74) is 0. The first-order valence-corrected chi connectivity index (χ1v) is 3.37. The fraction of sp³-hybridized carbons (Fsp3) is 0.800. The first kappa shape index (κ1) is 6.89. The summed E-state index contributed by atoms with van der Waals surface area (Å²) in [5, 5.41) is 11.3. The molecule has 2 N–H and O–H groups in total. The molecule has 4 heteroatoms. The second-order valence-electron chi connectivity index (χ2n) is 2.13. The van der Waals surface area contributed by atoms with Crippen LogP contribution in [-0.4, -0.2) is 28.9 Å². The highest BCUT2D eigenvalue weighted by molar-refractivity contribution is 7.81. The van der Waals surface area contributed by atoms with Gasteiger partial charge in [-0.3, -0.25) is 4.79 Å². The van der Waals surface area contributed by atoms with E-state index in [0.29, 0.717) is 0 Å². The van der Waals surface area contributed by atoms with Crippen LogP contribution >= 0.6 is 12.6 Å². The highest BCUT2D eigenvalue weighted by Crippen LogP contribution is 2.12. The fourth-order valence-electron chi connectivity index (χ4n) is 0.941. The van der Waals surface area contributed by atoms with Gasteiger partial charge < -0.3 is 10.4 Å². The van der Waals surface area contributed by atoms with Crippen LogP contribution in [0, 0.1) is 0 Å². The van der Waals surface area contributed by atoms with E-state index < -0.39 is 12.0 Å². The van der Waals surface area contributed by atoms with Crippen molar-refractivity contribution in [3.63, 3.8) is 0 Å². The Balaban J connectivity index is 2.49. The topological polar surface area (TPSA) is 49.3 Å². The van der Waals surface area contributed by atoms with E-state index in [1.54, 1.807) is 0 Å². The van der Waals surface area contributed by atoms with Gasteiger partial charge in [-0.05, 0) is 13.0 Å². The molecule has 9 heavy (non-hydrogen) atoms. The van der Waals surface area contributed by atoms with Crippen LogP contribution in [0.1, 0.15) is 6.42 Å². The second-order valence-corrected chi connectivity index (χ2v) is 2.79. The van der Waals surface area contributed by atoms with Gasteiger partial charge in [0.15, 0.2) is 0 Å². The van der Waals surface area contributed by atoms with Gasteiger partial charge >= 0.3 is 5.97 Å². The lowest BCUT2D eigenvalue weighted by Crippen LogP contribution is -2.35. The van der Waals surface area contributed by atoms with Crippen molar-refractivity contribution in [1.29, 1.82) is 0 Å². The minimum Gasteiger partial charge on any atom is -0.480 e. The number of hydrogen-bond acceptors (Lipinski definition) is 3. The second kappa shape index (κ2) is 2.58. The van der Waals surface area contributed by atoms with Gasteiger partial charge in [0, 0.05) is 5.25 Å². The third-order valence-electron chi connectivity index (χ3n) is 1.46. The predicted molar refractivity (Wildman–Crippen MR) is 36.8 cm³/mol. The van der Waals surface area contributed by atoms with Crippen molar-refractivity contribution in [1.82, 2.24) is 5.32 Å². The van der Waals surface area contributed by atoms with Crippen molar-refractivity contribution >= 4 is 18.6 Å². The molecular formula is C5H9NO2S. The summed E-state index contributed by atoms with van der Waals surface area (Å²) in [5.74, 6) is -0.799. The van der Waals surface area contributed by atoms with Gasteiger partial charge in [-0.25, -0.2) is 0 Å². The summed E-state index contributed by atoms with van der Waals surface area (Å²) in [6.45, 7) is 0.769. The Hall–Kier alpha value is -0.220. The SMILES string of the molecule is O=C(O)[C@H]1NCCC1S. The summed E-state index contributed by atoms with van der Waals surface area (Å²) >= 11 is 4.08. The molecule has 0 spiro atoms. The molecule has 0 aromatic rings. The number of carboxylic acid groups (broad SMARTS) is 1. The maximum absolute atomic E-state index is 10.3. The fourth-order valence-corrected chi connectivity index (χ4v) is 1.30. The van der Waals surface area contributed by atoms with Crippen LogP contribution in [-0.2, 0) is 4.79 Å². The average Bonchev–Trinajstić information content (AvgIpc) is 2.13. The number of hydrogen-bond donors (Lipinski definition) is 3. The molecule has 1 rings (SSSR count). The van der Waals surface area contributed by atoms with E-state index in [0.717, 1.165) is 13.0 Å². The Kier molecular flexibility index (Phi) is 1.97. The highest BCUT2D eigenvalue weighted by atomic mass is 32.1. The molecule has 0 aromatic heterocycles. The third-order valence-corrected chi connectivity index (χ3v) is 2.01. The van der Waals surface area contributed by atoms with Crippen molar-refractivity contribution in [3.05, 3.63) is 0 Å². The van der Waals surface area contributed by atoms with E-state index in [-0.39, 0.29) is 5.25 Å². The summed E-state index contributed by atoms with van der Waals surface area (Å²) in [7, 11) is 0. The first-order valence-electron chi connectivity index (χ1n) is 2.86. The standard InChI is InChI=1S/C5H9NO2S/c7-5(8)4-3(9)1-2-6-4/h3-4,6,9H,1-2H2,(H,7,8)/t3?,4-/m0/s1. The Morgan fingerprint density at radius 3 is 2.67 bits per heavy atom. The van der Waals surface area contributed by atoms with Crippen LogP contribution in [0.4, 0.5) is 0 Å². The van der Waals surface area contributed by atoms with E-state index in [4.69, 9.17) is 5.11 Å². The molecule has 1 unspecified atom stereocenters. The molecule has 0 aliphatic carbocycles. The van der Waals surface area contributed by atoms with Crippen molar-refractivity contribution < 1.29 is 9.90 Å². The van der Waals surface area contributed by atoms with Crippen molar-refractivity contribution in [3.8, 4) is 0 Å². The molecule has 0 aromatic carbocycles. The largest absolute Gasteiger partial charge is 0.480 e. The smallest absolute Gasteiger partial charge is 0.321 e. The maximum atomic E-state index is 10.3. The van der Waals surface area contributed by atoms with Crippen LogP contribution < -0.4 is 5.32 Å². The monoisotopic (exact) mass is 147 g/mol. The highest BCUT2D eigenvalue weighted by Gasteiger charge is 2.29. The minimum atomic E-state index is -0.799. The van der Waals surface area contributed by atoms with Gasteiger partial charge in [-0.1, -0.05) is 0 Å². The van der Waals surface area contributed by atoms with E-state index >= 15 is 0 Å². The van der Waals surface area contributed by atoms with Crippen LogP contribution in [0.2, 0.25) is 0 Å². The molecule has 0 radical (unpaired) electrons. The van der Waals surface area contributed by atoms with Gasteiger partial charge in [0.05, 0.1) is 0 Å².